The van der Waals surface area contributed by atoms with E-state index in [9.17, 15) is 4.79 Å². The largest absolute Gasteiger partial charge is 0.482 e. The van der Waals surface area contributed by atoms with Crippen LogP contribution < -0.4 is 10.2 Å². The number of H-pyrrole nitrogens is 1. The van der Waals surface area contributed by atoms with Crippen LogP contribution in [0.25, 0.3) is 0 Å². The van der Waals surface area contributed by atoms with Crippen LogP contribution in [0.1, 0.15) is 5.69 Å². The van der Waals surface area contributed by atoms with Crippen molar-refractivity contribution in [1.29, 1.82) is 0 Å². The minimum Gasteiger partial charge on any atom is -0.482 e. The number of carbonyl (C=O) groups excluding carboxylic acids is 1. The van der Waals surface area contributed by atoms with Gasteiger partial charge in [0.25, 0.3) is 5.91 Å². The molecule has 0 unspecified atom stereocenters. The zero-order valence-electron chi connectivity index (χ0n) is 10.3. The number of rotatable bonds is 5. The molecule has 0 atom stereocenters. The summed E-state index contributed by atoms with van der Waals surface area (Å²) in [5.74, 6) is -0.00149. The van der Waals surface area contributed by atoms with Crippen molar-refractivity contribution in [2.24, 2.45) is 5.10 Å². The molecule has 1 heterocycles. The number of nitrogens with one attached hydrogen (secondary N) is 2. The maximum atomic E-state index is 11.5. The van der Waals surface area contributed by atoms with Crippen molar-refractivity contribution in [2.45, 2.75) is 0 Å². The number of aromatic amines is 1. The number of carbonyl (C=O) groups is 1. The number of halogens is 2. The lowest BCUT2D eigenvalue weighted by Gasteiger charge is -2.06. The van der Waals surface area contributed by atoms with E-state index >= 15 is 0 Å². The van der Waals surface area contributed by atoms with E-state index in [4.69, 9.17) is 27.9 Å². The van der Waals surface area contributed by atoms with Gasteiger partial charge in [0.05, 0.1) is 16.9 Å². The zero-order chi connectivity index (χ0) is 14.4. The second kappa shape index (κ2) is 6.98. The van der Waals surface area contributed by atoms with Crippen LogP contribution in [0.4, 0.5) is 0 Å². The maximum absolute atomic E-state index is 11.5. The number of amides is 1. The summed E-state index contributed by atoms with van der Waals surface area (Å²) in [6.45, 7) is -0.191. The predicted octanol–water partition coefficient (Wildman–Crippen LogP) is 2.85. The summed E-state index contributed by atoms with van der Waals surface area (Å²) in [7, 11) is 0. The quantitative estimate of drug-likeness (QED) is 0.658. The van der Waals surface area contributed by atoms with E-state index in [1.54, 1.807) is 24.4 Å². The lowest BCUT2D eigenvalue weighted by atomic mass is 10.3. The summed E-state index contributed by atoms with van der Waals surface area (Å²) in [4.78, 5) is 14.4. The zero-order valence-corrected chi connectivity index (χ0v) is 11.8. The third-order valence-corrected chi connectivity index (χ3v) is 2.80. The van der Waals surface area contributed by atoms with Crippen LogP contribution in [0, 0.1) is 0 Å². The van der Waals surface area contributed by atoms with Crippen LogP contribution in [-0.2, 0) is 4.79 Å². The van der Waals surface area contributed by atoms with Crippen LogP contribution in [0.5, 0.6) is 5.75 Å². The molecule has 1 aromatic heterocycles. The fourth-order valence-corrected chi connectivity index (χ4v) is 1.83. The average Bonchev–Trinajstić information content (AvgIpc) is 2.91. The Kier molecular flexibility index (Phi) is 5.03. The molecule has 0 radical (unpaired) electrons. The fourth-order valence-electron chi connectivity index (χ4n) is 1.37. The summed E-state index contributed by atoms with van der Waals surface area (Å²) in [6.07, 6.45) is 3.25. The summed E-state index contributed by atoms with van der Waals surface area (Å²) < 4.78 is 5.26. The van der Waals surface area contributed by atoms with Gasteiger partial charge in [-0.1, -0.05) is 23.2 Å². The average molecular weight is 312 g/mol. The van der Waals surface area contributed by atoms with Crippen LogP contribution in [-0.4, -0.2) is 23.7 Å². The first-order valence-corrected chi connectivity index (χ1v) is 6.44. The monoisotopic (exact) mass is 311 g/mol. The van der Waals surface area contributed by atoms with Crippen molar-refractivity contribution in [3.8, 4) is 5.75 Å². The third-order valence-electron chi connectivity index (χ3n) is 2.27. The van der Waals surface area contributed by atoms with E-state index in [-0.39, 0.29) is 12.5 Å². The molecule has 2 rings (SSSR count). The molecule has 0 bridgehead atoms. The highest BCUT2D eigenvalue weighted by Crippen LogP contribution is 2.27. The van der Waals surface area contributed by atoms with Crippen molar-refractivity contribution in [3.63, 3.8) is 0 Å². The first kappa shape index (κ1) is 14.4. The first-order valence-electron chi connectivity index (χ1n) is 5.68. The minimum absolute atomic E-state index is 0.191. The topological polar surface area (TPSA) is 66.5 Å². The van der Waals surface area contributed by atoms with E-state index in [1.807, 2.05) is 12.1 Å². The predicted molar refractivity (Wildman–Crippen MR) is 78.5 cm³/mol. The van der Waals surface area contributed by atoms with Crippen molar-refractivity contribution in [3.05, 3.63) is 52.3 Å². The highest BCUT2D eigenvalue weighted by molar-refractivity contribution is 6.35. The SMILES string of the molecule is O=C(COc1ccc(Cl)cc1Cl)N/N=C\c1ccc[nH]1. The van der Waals surface area contributed by atoms with Crippen molar-refractivity contribution >= 4 is 35.3 Å². The standard InChI is InChI=1S/C13H11Cl2N3O2/c14-9-3-4-12(11(15)6-9)20-8-13(19)18-17-7-10-2-1-5-16-10/h1-7,16H,8H2,(H,18,19)/b17-7-. The molecule has 20 heavy (non-hydrogen) atoms. The molecule has 0 aliphatic heterocycles. The van der Waals surface area contributed by atoms with E-state index in [1.165, 1.54) is 6.21 Å². The Hall–Kier alpha value is -1.98. The van der Waals surface area contributed by atoms with Gasteiger partial charge < -0.3 is 9.72 Å². The van der Waals surface area contributed by atoms with E-state index in [0.717, 1.165) is 5.69 Å². The Morgan fingerprint density at radius 1 is 1.40 bits per heavy atom. The third kappa shape index (κ3) is 4.29. The molecule has 0 saturated carbocycles. The number of ether oxygens (including phenoxy) is 1. The van der Waals surface area contributed by atoms with E-state index < -0.39 is 0 Å². The molecule has 0 fully saturated rings. The van der Waals surface area contributed by atoms with Gasteiger partial charge in [0, 0.05) is 11.2 Å². The van der Waals surface area contributed by atoms with Gasteiger partial charge in [-0.3, -0.25) is 4.79 Å². The van der Waals surface area contributed by atoms with Gasteiger partial charge in [-0.15, -0.1) is 0 Å². The summed E-state index contributed by atoms with van der Waals surface area (Å²) in [5.41, 5.74) is 3.12. The van der Waals surface area contributed by atoms with Crippen LogP contribution in [0.2, 0.25) is 10.0 Å². The Morgan fingerprint density at radius 2 is 2.25 bits per heavy atom. The lowest BCUT2D eigenvalue weighted by molar-refractivity contribution is -0.123. The van der Waals surface area contributed by atoms with Crippen LogP contribution in [0.3, 0.4) is 0 Å². The van der Waals surface area contributed by atoms with E-state index in [0.29, 0.717) is 15.8 Å². The molecule has 0 spiro atoms. The van der Waals surface area contributed by atoms with Gasteiger partial charge in [0.2, 0.25) is 0 Å². The maximum Gasteiger partial charge on any atom is 0.277 e. The highest BCUT2D eigenvalue weighted by Gasteiger charge is 2.05. The number of nitrogens with zero attached hydrogens (tertiary/aromatic N) is 1. The Labute approximate surface area is 125 Å². The van der Waals surface area contributed by atoms with Gasteiger partial charge in [0.15, 0.2) is 6.61 Å². The van der Waals surface area contributed by atoms with Crippen LogP contribution >= 0.6 is 23.2 Å². The molecular weight excluding hydrogens is 301 g/mol. The number of aromatic nitrogens is 1. The highest BCUT2D eigenvalue weighted by atomic mass is 35.5. The fraction of sp³-hybridized carbons (Fsp3) is 0.0769. The van der Waals surface area contributed by atoms with Crippen LogP contribution in [0.15, 0.2) is 41.6 Å². The second-order valence-electron chi connectivity index (χ2n) is 3.78. The van der Waals surface area contributed by atoms with Gasteiger partial charge in [0.1, 0.15) is 5.75 Å². The molecule has 2 aromatic rings. The first-order chi connectivity index (χ1) is 9.65. The summed E-state index contributed by atoms with van der Waals surface area (Å²) >= 11 is 11.7. The van der Waals surface area contributed by atoms with E-state index in [2.05, 4.69) is 15.5 Å². The van der Waals surface area contributed by atoms with Crippen molar-refractivity contribution in [2.75, 3.05) is 6.61 Å². The molecule has 7 heteroatoms. The number of hydrogen-bond acceptors (Lipinski definition) is 3. The molecule has 1 aromatic carbocycles. The van der Waals surface area contributed by atoms with Gasteiger partial charge in [-0.05, 0) is 30.3 Å². The summed E-state index contributed by atoms with van der Waals surface area (Å²) in [5, 5.41) is 4.62. The molecule has 2 N–H and O–H groups in total. The van der Waals surface area contributed by atoms with Crippen molar-refractivity contribution in [1.82, 2.24) is 10.4 Å². The molecule has 104 valence electrons. The molecule has 0 aliphatic rings. The minimum atomic E-state index is -0.390. The molecule has 5 nitrogen and oxygen atoms in total. The molecule has 1 amide bonds. The number of hydrazone groups is 1. The molecular formula is C13H11Cl2N3O2. The molecule has 0 saturated heterocycles. The Morgan fingerprint density at radius 3 is 2.95 bits per heavy atom. The smallest absolute Gasteiger partial charge is 0.277 e. The summed E-state index contributed by atoms with van der Waals surface area (Å²) in [6, 6.07) is 8.42. The van der Waals surface area contributed by atoms with Gasteiger partial charge >= 0.3 is 0 Å². The Balaban J connectivity index is 1.80. The van der Waals surface area contributed by atoms with Gasteiger partial charge in [-0.2, -0.15) is 5.10 Å². The van der Waals surface area contributed by atoms with Crippen molar-refractivity contribution < 1.29 is 9.53 Å². The lowest BCUT2D eigenvalue weighted by Crippen LogP contribution is -2.24. The molecule has 0 aliphatic carbocycles. The normalized spacial score (nSPS) is 10.7. The second-order valence-corrected chi connectivity index (χ2v) is 4.63. The van der Waals surface area contributed by atoms with Gasteiger partial charge in [-0.25, -0.2) is 5.43 Å². The number of hydrogen-bond donors (Lipinski definition) is 2. The Bertz CT molecular complexity index is 612. The number of benzene rings is 1.